The zero-order chi connectivity index (χ0) is 16.8. The number of carbonyl (C=O) groups excluding carboxylic acids is 1. The van der Waals surface area contributed by atoms with Gasteiger partial charge in [0, 0.05) is 25.0 Å². The molecule has 1 fully saturated rings. The predicted molar refractivity (Wildman–Crippen MR) is 86.6 cm³/mol. The highest BCUT2D eigenvalue weighted by molar-refractivity contribution is 5.91. The van der Waals surface area contributed by atoms with E-state index in [-0.39, 0.29) is 12.0 Å². The molecule has 7 nitrogen and oxygen atoms in total. The Morgan fingerprint density at radius 1 is 1.38 bits per heavy atom. The molecule has 1 atom stereocenters. The molecule has 3 heterocycles. The Morgan fingerprint density at radius 3 is 2.96 bits per heavy atom. The molecule has 0 aromatic carbocycles. The van der Waals surface area contributed by atoms with E-state index in [1.165, 1.54) is 13.2 Å². The molecule has 1 amide bonds. The first-order valence-corrected chi connectivity index (χ1v) is 7.78. The van der Waals surface area contributed by atoms with Crippen LogP contribution in [0.15, 0.2) is 41.3 Å². The van der Waals surface area contributed by atoms with Crippen LogP contribution in [0.3, 0.4) is 0 Å². The molecule has 126 valence electrons. The third-order valence-electron chi connectivity index (χ3n) is 3.73. The van der Waals surface area contributed by atoms with Gasteiger partial charge in [-0.15, -0.1) is 0 Å². The Hall–Kier alpha value is -2.83. The van der Waals surface area contributed by atoms with Crippen LogP contribution in [-0.4, -0.2) is 47.1 Å². The van der Waals surface area contributed by atoms with Crippen LogP contribution >= 0.6 is 0 Å². The summed E-state index contributed by atoms with van der Waals surface area (Å²) in [5.41, 5.74) is 0. The van der Waals surface area contributed by atoms with E-state index in [0.29, 0.717) is 30.6 Å². The van der Waals surface area contributed by atoms with Crippen LogP contribution < -0.4 is 9.47 Å². The summed E-state index contributed by atoms with van der Waals surface area (Å²) in [5.74, 6) is 1.28. The van der Waals surface area contributed by atoms with Crippen LogP contribution in [0.2, 0.25) is 0 Å². The average Bonchev–Trinajstić information content (AvgIpc) is 3.14. The first kappa shape index (κ1) is 16.0. The van der Waals surface area contributed by atoms with Gasteiger partial charge in [-0.25, -0.2) is 9.97 Å². The van der Waals surface area contributed by atoms with Crippen LogP contribution in [-0.2, 0) is 4.79 Å². The van der Waals surface area contributed by atoms with Crippen molar-refractivity contribution in [1.29, 1.82) is 0 Å². The molecular weight excluding hydrogens is 310 g/mol. The largest absolute Gasteiger partial charge is 0.477 e. The van der Waals surface area contributed by atoms with Crippen molar-refractivity contribution in [2.75, 3.05) is 20.2 Å². The smallest absolute Gasteiger partial charge is 0.278 e. The van der Waals surface area contributed by atoms with Gasteiger partial charge in [0.25, 0.3) is 11.8 Å². The van der Waals surface area contributed by atoms with Crippen LogP contribution in [0.1, 0.15) is 18.6 Å². The molecule has 2 aromatic rings. The van der Waals surface area contributed by atoms with Gasteiger partial charge in [-0.2, -0.15) is 0 Å². The molecule has 3 rings (SSSR count). The molecule has 0 N–H and O–H groups in total. The van der Waals surface area contributed by atoms with E-state index in [2.05, 4.69) is 9.97 Å². The summed E-state index contributed by atoms with van der Waals surface area (Å²) >= 11 is 0. The fourth-order valence-corrected chi connectivity index (χ4v) is 2.57. The Morgan fingerprint density at radius 2 is 2.21 bits per heavy atom. The molecule has 1 aliphatic heterocycles. The standard InChI is InChI=1S/C17H19N3O4/c1-22-16-17(19-9-8-18-16)24-14-4-2-10-20(12-14)15(21)7-6-13-5-3-11-23-13/h3,5-9,11,14H,2,4,10,12H2,1H3/b7-6+/t14-/m0/s1. The number of rotatable bonds is 5. The minimum absolute atomic E-state index is 0.0641. The van der Waals surface area contributed by atoms with E-state index in [4.69, 9.17) is 13.9 Å². The van der Waals surface area contributed by atoms with Gasteiger partial charge >= 0.3 is 0 Å². The molecule has 0 saturated carbocycles. The van der Waals surface area contributed by atoms with Gasteiger partial charge in [0.15, 0.2) is 0 Å². The number of ether oxygens (including phenoxy) is 2. The van der Waals surface area contributed by atoms with E-state index in [9.17, 15) is 4.79 Å². The molecule has 0 bridgehead atoms. The lowest BCUT2D eigenvalue weighted by atomic mass is 10.1. The van der Waals surface area contributed by atoms with Crippen LogP contribution in [0, 0.1) is 0 Å². The Bertz CT molecular complexity index is 700. The lowest BCUT2D eigenvalue weighted by molar-refractivity contribution is -0.128. The summed E-state index contributed by atoms with van der Waals surface area (Å²) in [4.78, 5) is 22.3. The normalized spacial score (nSPS) is 17.9. The summed E-state index contributed by atoms with van der Waals surface area (Å²) in [5, 5.41) is 0. The topological polar surface area (TPSA) is 77.7 Å². The van der Waals surface area contributed by atoms with E-state index < -0.39 is 0 Å². The highest BCUT2D eigenvalue weighted by Gasteiger charge is 2.25. The maximum absolute atomic E-state index is 12.3. The first-order valence-electron chi connectivity index (χ1n) is 7.78. The van der Waals surface area contributed by atoms with Crippen LogP contribution in [0.4, 0.5) is 0 Å². The van der Waals surface area contributed by atoms with E-state index >= 15 is 0 Å². The van der Waals surface area contributed by atoms with Gasteiger partial charge in [-0.1, -0.05) is 0 Å². The number of likely N-dealkylation sites (tertiary alicyclic amines) is 1. The van der Waals surface area contributed by atoms with Crippen molar-refractivity contribution in [2.24, 2.45) is 0 Å². The highest BCUT2D eigenvalue weighted by Crippen LogP contribution is 2.24. The number of aromatic nitrogens is 2. The summed E-state index contributed by atoms with van der Waals surface area (Å²) in [7, 11) is 1.52. The second kappa shape index (κ2) is 7.63. The fraction of sp³-hybridized carbons (Fsp3) is 0.353. The number of hydrogen-bond donors (Lipinski definition) is 0. The van der Waals surface area contributed by atoms with Crippen molar-refractivity contribution in [3.63, 3.8) is 0 Å². The third kappa shape index (κ3) is 3.92. The molecular formula is C17H19N3O4. The third-order valence-corrected chi connectivity index (χ3v) is 3.73. The van der Waals surface area contributed by atoms with Crippen molar-refractivity contribution in [3.8, 4) is 11.8 Å². The number of hydrogen-bond acceptors (Lipinski definition) is 6. The zero-order valence-corrected chi connectivity index (χ0v) is 13.4. The van der Waals surface area contributed by atoms with Crippen molar-refractivity contribution in [1.82, 2.24) is 14.9 Å². The van der Waals surface area contributed by atoms with Gasteiger partial charge in [-0.3, -0.25) is 4.79 Å². The maximum Gasteiger partial charge on any atom is 0.278 e. The molecule has 7 heteroatoms. The average molecular weight is 329 g/mol. The summed E-state index contributed by atoms with van der Waals surface area (Å²) < 4.78 is 16.2. The van der Waals surface area contributed by atoms with Crippen LogP contribution in [0.25, 0.3) is 6.08 Å². The van der Waals surface area contributed by atoms with Crippen molar-refractivity contribution >= 4 is 12.0 Å². The molecule has 0 spiro atoms. The molecule has 24 heavy (non-hydrogen) atoms. The van der Waals surface area contributed by atoms with E-state index in [1.54, 1.807) is 41.8 Å². The lowest BCUT2D eigenvalue weighted by Gasteiger charge is -2.32. The Balaban J connectivity index is 1.60. The number of piperidine rings is 1. The SMILES string of the molecule is COc1nccnc1O[C@H]1CCCN(C(=O)/C=C/c2ccco2)C1. The van der Waals surface area contributed by atoms with Crippen molar-refractivity contribution in [3.05, 3.63) is 42.6 Å². The molecule has 0 unspecified atom stereocenters. The predicted octanol–water partition coefficient (Wildman–Crippen LogP) is 2.16. The zero-order valence-electron chi connectivity index (χ0n) is 13.4. The molecule has 1 aliphatic rings. The molecule has 1 saturated heterocycles. The number of methoxy groups -OCH3 is 1. The first-order chi connectivity index (χ1) is 11.8. The van der Waals surface area contributed by atoms with Crippen LogP contribution in [0.5, 0.6) is 11.8 Å². The summed E-state index contributed by atoms with van der Waals surface area (Å²) in [6.45, 7) is 1.21. The maximum atomic E-state index is 12.3. The molecule has 2 aromatic heterocycles. The Labute approximate surface area is 139 Å². The number of amides is 1. The van der Waals surface area contributed by atoms with Crippen molar-refractivity contribution < 1.29 is 18.7 Å². The summed E-state index contributed by atoms with van der Waals surface area (Å²) in [6, 6.07) is 3.58. The monoisotopic (exact) mass is 329 g/mol. The second-order valence-corrected chi connectivity index (χ2v) is 5.39. The van der Waals surface area contributed by atoms with Gasteiger partial charge in [-0.05, 0) is 31.1 Å². The molecule has 0 aliphatic carbocycles. The highest BCUT2D eigenvalue weighted by atomic mass is 16.5. The van der Waals surface area contributed by atoms with Gasteiger partial charge < -0.3 is 18.8 Å². The minimum Gasteiger partial charge on any atom is -0.477 e. The Kier molecular flexibility index (Phi) is 5.10. The van der Waals surface area contributed by atoms with Crippen molar-refractivity contribution in [2.45, 2.75) is 18.9 Å². The van der Waals surface area contributed by atoms with Gasteiger partial charge in [0.05, 0.1) is 19.9 Å². The number of furan rings is 1. The lowest BCUT2D eigenvalue weighted by Crippen LogP contribution is -2.43. The minimum atomic E-state index is -0.134. The quantitative estimate of drug-likeness (QED) is 0.782. The second-order valence-electron chi connectivity index (χ2n) is 5.39. The van der Waals surface area contributed by atoms with Gasteiger partial charge in [0.2, 0.25) is 5.91 Å². The van der Waals surface area contributed by atoms with E-state index in [1.807, 2.05) is 0 Å². The van der Waals surface area contributed by atoms with E-state index in [0.717, 1.165) is 12.8 Å². The molecule has 0 radical (unpaired) electrons. The number of nitrogens with zero attached hydrogens (tertiary/aromatic N) is 3. The fourth-order valence-electron chi connectivity index (χ4n) is 2.57. The number of carbonyl (C=O) groups is 1. The summed E-state index contributed by atoms with van der Waals surface area (Å²) in [6.07, 6.45) is 9.44. The van der Waals surface area contributed by atoms with Gasteiger partial charge in [0.1, 0.15) is 11.9 Å².